The Hall–Kier alpha value is -5.06. The third kappa shape index (κ3) is 4.37. The van der Waals surface area contributed by atoms with Gasteiger partial charge in [-0.2, -0.15) is 0 Å². The minimum atomic E-state index is -1.22. The summed E-state index contributed by atoms with van der Waals surface area (Å²) < 4.78 is 5.39. The molecule has 2 amide bonds. The first-order valence-electron chi connectivity index (χ1n) is 10.9. The van der Waals surface area contributed by atoms with E-state index in [4.69, 9.17) is 4.74 Å². The summed E-state index contributed by atoms with van der Waals surface area (Å²) in [4.78, 5) is 59.9. The van der Waals surface area contributed by atoms with Crippen molar-refractivity contribution in [3.8, 4) is 5.75 Å². The maximum absolute atomic E-state index is 12.9. The molecular weight excluding hydrogens is 466 g/mol. The Morgan fingerprint density at radius 2 is 1.86 bits per heavy atom. The number of ether oxygens (including phenoxy) is 1. The Labute approximate surface area is 203 Å². The largest absolute Gasteiger partial charge is 0.486 e. The van der Waals surface area contributed by atoms with Crippen molar-refractivity contribution >= 4 is 40.3 Å². The fourth-order valence-corrected chi connectivity index (χ4v) is 3.97. The number of carboxylic acids is 1. The third-order valence-corrected chi connectivity index (χ3v) is 5.68. The van der Waals surface area contributed by atoms with Gasteiger partial charge in [-0.1, -0.05) is 18.2 Å². The number of benzene rings is 2. The maximum atomic E-state index is 12.9. The molecule has 1 aliphatic rings. The minimum absolute atomic E-state index is 0.00634. The van der Waals surface area contributed by atoms with Crippen LogP contribution in [0.5, 0.6) is 5.75 Å². The molecule has 0 bridgehead atoms. The lowest BCUT2D eigenvalue weighted by atomic mass is 10.0. The van der Waals surface area contributed by atoms with Gasteiger partial charge in [-0.15, -0.1) is 0 Å². The lowest BCUT2D eigenvalue weighted by Crippen LogP contribution is -2.25. The van der Waals surface area contributed by atoms with Gasteiger partial charge in [0.1, 0.15) is 24.2 Å². The number of amides is 2. The van der Waals surface area contributed by atoms with Crippen LogP contribution in [0.1, 0.15) is 42.3 Å². The maximum Gasteiger partial charge on any atom is 0.336 e. The van der Waals surface area contributed by atoms with E-state index in [-0.39, 0.29) is 47.9 Å². The molecule has 0 radical (unpaired) electrons. The number of anilines is 1. The van der Waals surface area contributed by atoms with Crippen LogP contribution < -0.4 is 15.4 Å². The van der Waals surface area contributed by atoms with Crippen molar-refractivity contribution in [3.63, 3.8) is 0 Å². The number of fused-ring (bicyclic) bond motifs is 2. The summed E-state index contributed by atoms with van der Waals surface area (Å²) in [6.45, 7) is 0.263. The number of Topliss-reactive ketones (excluding diaryl/α,β-unsaturated/α-hetero) is 1. The molecule has 11 heteroatoms. The molecule has 0 aliphatic carbocycles. The lowest BCUT2D eigenvalue weighted by Gasteiger charge is -2.17. The van der Waals surface area contributed by atoms with E-state index in [1.807, 2.05) is 12.1 Å². The zero-order valence-electron chi connectivity index (χ0n) is 18.7. The van der Waals surface area contributed by atoms with Gasteiger partial charge < -0.3 is 25.5 Å². The number of carbonyl (C=O) groups excluding carboxylic acids is 3. The SMILES string of the molecule is O=C1COc2ccc(CNC(=O)c3ncnc4c(NC(=O)c5ccccc5C(=O)O)c[nH]c34)cc2C1. The highest BCUT2D eigenvalue weighted by Crippen LogP contribution is 2.25. The van der Waals surface area contributed by atoms with Gasteiger partial charge in [0, 0.05) is 24.7 Å². The Morgan fingerprint density at radius 1 is 1.06 bits per heavy atom. The Kier molecular flexibility index (Phi) is 5.87. The smallest absolute Gasteiger partial charge is 0.336 e. The first kappa shape index (κ1) is 22.7. The molecule has 11 nitrogen and oxygen atoms in total. The van der Waals surface area contributed by atoms with Crippen LogP contribution in [0.15, 0.2) is 55.0 Å². The average Bonchev–Trinajstić information content (AvgIpc) is 3.29. The quantitative estimate of drug-likeness (QED) is 0.323. The predicted octanol–water partition coefficient (Wildman–Crippen LogP) is 2.34. The molecule has 2 aromatic carbocycles. The summed E-state index contributed by atoms with van der Waals surface area (Å²) in [7, 11) is 0. The molecule has 2 aromatic heterocycles. The van der Waals surface area contributed by atoms with Crippen LogP contribution in [0.2, 0.25) is 0 Å². The molecule has 0 fully saturated rings. The van der Waals surface area contributed by atoms with Crippen molar-refractivity contribution in [3.05, 3.63) is 82.9 Å². The number of H-pyrrole nitrogens is 1. The van der Waals surface area contributed by atoms with Crippen molar-refractivity contribution < 1.29 is 29.0 Å². The topological polar surface area (TPSA) is 163 Å². The molecule has 0 unspecified atom stereocenters. The summed E-state index contributed by atoms with van der Waals surface area (Å²) in [6, 6.07) is 11.2. The van der Waals surface area contributed by atoms with Gasteiger partial charge in [-0.05, 0) is 29.8 Å². The molecule has 0 saturated heterocycles. The second-order valence-corrected chi connectivity index (χ2v) is 8.08. The molecule has 5 rings (SSSR count). The van der Waals surface area contributed by atoms with E-state index in [2.05, 4.69) is 25.6 Å². The Balaban J connectivity index is 1.33. The first-order chi connectivity index (χ1) is 17.4. The second-order valence-electron chi connectivity index (χ2n) is 8.08. The molecule has 4 N–H and O–H groups in total. The Morgan fingerprint density at radius 3 is 2.67 bits per heavy atom. The van der Waals surface area contributed by atoms with Crippen molar-refractivity contribution in [2.24, 2.45) is 0 Å². The number of hydrogen-bond acceptors (Lipinski definition) is 7. The van der Waals surface area contributed by atoms with Crippen LogP contribution in [0, 0.1) is 0 Å². The molecule has 0 spiro atoms. The zero-order valence-corrected chi connectivity index (χ0v) is 18.7. The van der Waals surface area contributed by atoms with Crippen LogP contribution in [0.3, 0.4) is 0 Å². The lowest BCUT2D eigenvalue weighted by molar-refractivity contribution is -0.121. The van der Waals surface area contributed by atoms with E-state index in [1.165, 1.54) is 30.7 Å². The van der Waals surface area contributed by atoms with Gasteiger partial charge in [0.05, 0.1) is 22.3 Å². The van der Waals surface area contributed by atoms with Crippen LogP contribution in [0.25, 0.3) is 11.0 Å². The van der Waals surface area contributed by atoms with E-state index in [0.717, 1.165) is 11.1 Å². The summed E-state index contributed by atoms with van der Waals surface area (Å²) in [5.74, 6) is -1.67. The zero-order chi connectivity index (χ0) is 25.2. The fraction of sp³-hybridized carbons (Fsp3) is 0.120. The second kappa shape index (κ2) is 9.29. The molecule has 0 atom stereocenters. The van der Waals surface area contributed by atoms with E-state index in [0.29, 0.717) is 16.8 Å². The number of rotatable bonds is 6. The summed E-state index contributed by atoms with van der Waals surface area (Å²) in [6.07, 6.45) is 2.95. The summed E-state index contributed by atoms with van der Waals surface area (Å²) >= 11 is 0. The van der Waals surface area contributed by atoms with E-state index in [9.17, 15) is 24.3 Å². The molecule has 180 valence electrons. The van der Waals surface area contributed by atoms with Crippen molar-refractivity contribution in [1.29, 1.82) is 0 Å². The number of nitrogens with one attached hydrogen (secondary N) is 3. The molecule has 0 saturated carbocycles. The monoisotopic (exact) mass is 485 g/mol. The number of aromatic amines is 1. The van der Waals surface area contributed by atoms with Crippen LogP contribution in [-0.2, 0) is 17.8 Å². The van der Waals surface area contributed by atoms with Gasteiger partial charge >= 0.3 is 5.97 Å². The van der Waals surface area contributed by atoms with Gasteiger partial charge in [0.15, 0.2) is 11.5 Å². The van der Waals surface area contributed by atoms with E-state index in [1.54, 1.807) is 12.1 Å². The minimum Gasteiger partial charge on any atom is -0.486 e. The number of nitrogens with zero attached hydrogens (tertiary/aromatic N) is 2. The summed E-state index contributed by atoms with van der Waals surface area (Å²) in [5, 5.41) is 14.8. The highest BCUT2D eigenvalue weighted by atomic mass is 16.5. The van der Waals surface area contributed by atoms with Crippen LogP contribution >= 0.6 is 0 Å². The number of aromatic carboxylic acids is 1. The predicted molar refractivity (Wildman–Crippen MR) is 127 cm³/mol. The van der Waals surface area contributed by atoms with Gasteiger partial charge in [0.2, 0.25) is 0 Å². The number of carboxylic acid groups (broad SMARTS) is 1. The fourth-order valence-electron chi connectivity index (χ4n) is 3.97. The number of aromatic nitrogens is 3. The van der Waals surface area contributed by atoms with E-state index < -0.39 is 17.8 Å². The number of carbonyl (C=O) groups is 4. The standard InChI is InChI=1S/C25H19N5O6/c31-15-8-14-7-13(5-6-19(14)36-11-15)9-27-24(33)22-21-20(28-12-29-22)18(10-26-21)30-23(32)16-3-1-2-4-17(16)25(34)35/h1-7,10,12,26H,8-9,11H2,(H,27,33)(H,30,32)(H,34,35). The molecular formula is C25H19N5O6. The first-order valence-corrected chi connectivity index (χ1v) is 10.9. The van der Waals surface area contributed by atoms with Gasteiger partial charge in [-0.25, -0.2) is 14.8 Å². The molecule has 3 heterocycles. The van der Waals surface area contributed by atoms with Crippen molar-refractivity contribution in [2.75, 3.05) is 11.9 Å². The van der Waals surface area contributed by atoms with Crippen molar-refractivity contribution in [2.45, 2.75) is 13.0 Å². The van der Waals surface area contributed by atoms with E-state index >= 15 is 0 Å². The Bertz CT molecular complexity index is 1540. The highest BCUT2D eigenvalue weighted by molar-refractivity contribution is 6.14. The van der Waals surface area contributed by atoms with Gasteiger partial charge in [0.25, 0.3) is 11.8 Å². The van der Waals surface area contributed by atoms with Crippen LogP contribution in [-0.4, -0.2) is 50.2 Å². The average molecular weight is 485 g/mol. The van der Waals surface area contributed by atoms with Crippen LogP contribution in [0.4, 0.5) is 5.69 Å². The molecule has 36 heavy (non-hydrogen) atoms. The number of ketones is 1. The molecule has 1 aliphatic heterocycles. The highest BCUT2D eigenvalue weighted by Gasteiger charge is 2.21. The summed E-state index contributed by atoms with van der Waals surface area (Å²) in [5.41, 5.74) is 2.36. The normalized spacial score (nSPS) is 12.5. The third-order valence-electron chi connectivity index (χ3n) is 5.68. The van der Waals surface area contributed by atoms with Crippen molar-refractivity contribution in [1.82, 2.24) is 20.3 Å². The van der Waals surface area contributed by atoms with Gasteiger partial charge in [-0.3, -0.25) is 14.4 Å². The molecule has 4 aromatic rings. The number of hydrogen-bond donors (Lipinski definition) is 4.